The fourth-order valence-electron chi connectivity index (χ4n) is 4.44. The van der Waals surface area contributed by atoms with Crippen LogP contribution in [0, 0.1) is 12.7 Å². The van der Waals surface area contributed by atoms with Gasteiger partial charge in [-0.25, -0.2) is 14.2 Å². The second-order valence-corrected chi connectivity index (χ2v) is 8.79. The van der Waals surface area contributed by atoms with Gasteiger partial charge in [-0.3, -0.25) is 4.79 Å². The van der Waals surface area contributed by atoms with Gasteiger partial charge in [0.25, 0.3) is 5.91 Å². The fraction of sp³-hybridized carbons (Fsp3) is 0.250. The van der Waals surface area contributed by atoms with E-state index >= 15 is 0 Å². The molecular weight excluding hydrogens is 475 g/mol. The van der Waals surface area contributed by atoms with Crippen molar-refractivity contribution in [1.82, 2.24) is 5.32 Å². The molecule has 0 unspecified atom stereocenters. The van der Waals surface area contributed by atoms with Crippen molar-refractivity contribution in [2.75, 3.05) is 30.0 Å². The molecule has 0 saturated carbocycles. The van der Waals surface area contributed by atoms with Crippen LogP contribution in [-0.4, -0.2) is 49.9 Å². The maximum absolute atomic E-state index is 15.0. The van der Waals surface area contributed by atoms with Crippen LogP contribution in [0.3, 0.4) is 0 Å². The topological polar surface area (TPSA) is 92.3 Å². The number of nitrogens with zero attached hydrogens (tertiary/aromatic N) is 2. The molecule has 3 aromatic carbocycles. The third-order valence-electron chi connectivity index (χ3n) is 6.16. The van der Waals surface area contributed by atoms with Gasteiger partial charge in [0, 0.05) is 29.8 Å². The molecule has 0 aromatic heterocycles. The van der Waals surface area contributed by atoms with Gasteiger partial charge in [-0.05, 0) is 42.8 Å². The van der Waals surface area contributed by atoms with Gasteiger partial charge < -0.3 is 25.0 Å². The molecule has 1 atom stereocenters. The summed E-state index contributed by atoms with van der Waals surface area (Å²) in [6.45, 7) is 3.17. The van der Waals surface area contributed by atoms with Crippen LogP contribution in [0.15, 0.2) is 77.8 Å². The highest BCUT2D eigenvalue weighted by Gasteiger charge is 2.34. The molecule has 5 rings (SSSR count). The maximum atomic E-state index is 15.0. The summed E-state index contributed by atoms with van der Waals surface area (Å²) in [5.74, 6) is -0.927. The number of halogens is 1. The van der Waals surface area contributed by atoms with E-state index in [0.717, 1.165) is 5.56 Å². The Morgan fingerprint density at radius 2 is 1.76 bits per heavy atom. The van der Waals surface area contributed by atoms with Gasteiger partial charge in [0.1, 0.15) is 5.82 Å². The Labute approximate surface area is 214 Å². The highest BCUT2D eigenvalue weighted by atomic mass is 19.1. The molecule has 1 fully saturated rings. The van der Waals surface area contributed by atoms with Crippen molar-refractivity contribution in [3.05, 3.63) is 95.3 Å². The highest BCUT2D eigenvalue weighted by molar-refractivity contribution is 6.20. The quantitative estimate of drug-likeness (QED) is 0.528. The first-order valence-corrected chi connectivity index (χ1v) is 12.1. The van der Waals surface area contributed by atoms with Crippen LogP contribution in [0.1, 0.15) is 23.1 Å². The minimum Gasteiger partial charge on any atom is -0.350 e. The van der Waals surface area contributed by atoms with Gasteiger partial charge in [0.15, 0.2) is 6.29 Å². The lowest BCUT2D eigenvalue weighted by atomic mass is 9.99. The zero-order valence-corrected chi connectivity index (χ0v) is 20.3. The number of rotatable bonds is 6. The summed E-state index contributed by atoms with van der Waals surface area (Å²) in [5, 5.41) is 5.42. The number of amides is 3. The summed E-state index contributed by atoms with van der Waals surface area (Å²) in [7, 11) is 0. The first kappa shape index (κ1) is 24.6. The van der Waals surface area contributed by atoms with Crippen LogP contribution in [-0.2, 0) is 14.3 Å². The Kier molecular flexibility index (Phi) is 7.25. The van der Waals surface area contributed by atoms with Gasteiger partial charge in [0.2, 0.25) is 6.17 Å². The summed E-state index contributed by atoms with van der Waals surface area (Å²) in [5.41, 5.74) is 3.21. The molecule has 0 aliphatic carbocycles. The number of aliphatic imine (C=N–C) groups is 1. The Morgan fingerprint density at radius 3 is 2.51 bits per heavy atom. The van der Waals surface area contributed by atoms with E-state index in [1.807, 2.05) is 25.1 Å². The van der Waals surface area contributed by atoms with Crippen molar-refractivity contribution < 1.29 is 23.5 Å². The molecule has 2 aliphatic rings. The fourth-order valence-corrected chi connectivity index (χ4v) is 4.44. The Bertz CT molecular complexity index is 1340. The number of benzene rings is 3. The maximum Gasteiger partial charge on any atom is 0.321 e. The molecule has 2 N–H and O–H groups in total. The number of urea groups is 1. The first-order chi connectivity index (χ1) is 18.0. The monoisotopic (exact) mass is 502 g/mol. The molecular formula is C28H27FN4O4. The van der Waals surface area contributed by atoms with Crippen molar-refractivity contribution in [2.24, 2.45) is 4.99 Å². The SMILES string of the molecule is Cc1cccc(NC(=O)N[C@@H]2N=C(c3ccccc3F)c3ccccc3N(CCC3OCCO3)C2=O)c1. The summed E-state index contributed by atoms with van der Waals surface area (Å²) in [6, 6.07) is 20.1. The molecule has 2 aliphatic heterocycles. The van der Waals surface area contributed by atoms with Crippen molar-refractivity contribution in [1.29, 1.82) is 0 Å². The standard InChI is InChI=1S/C28H27FN4O4/c1-18-7-6-8-19(17-18)30-28(35)32-26-27(34)33(14-13-24-36-15-16-37-24)23-12-5-3-10-21(23)25(31-26)20-9-2-4-11-22(20)29/h2-12,17,24,26H,13-16H2,1H3,(H2,30,32,35)/t26-/m0/s1. The first-order valence-electron chi connectivity index (χ1n) is 12.1. The number of carbonyl (C=O) groups is 2. The van der Waals surface area contributed by atoms with Crippen LogP contribution >= 0.6 is 0 Å². The average molecular weight is 503 g/mol. The molecule has 190 valence electrons. The Balaban J connectivity index is 1.51. The van der Waals surface area contributed by atoms with E-state index in [0.29, 0.717) is 36.6 Å². The van der Waals surface area contributed by atoms with Gasteiger partial charge in [-0.2, -0.15) is 0 Å². The Hall–Kier alpha value is -4.08. The lowest BCUT2D eigenvalue weighted by molar-refractivity contribution is -0.120. The molecule has 3 amide bonds. The van der Waals surface area contributed by atoms with E-state index < -0.39 is 30.2 Å². The van der Waals surface area contributed by atoms with Crippen molar-refractivity contribution in [2.45, 2.75) is 25.8 Å². The predicted octanol–water partition coefficient (Wildman–Crippen LogP) is 4.23. The molecule has 3 aromatic rings. The molecule has 37 heavy (non-hydrogen) atoms. The number of hydrogen-bond donors (Lipinski definition) is 2. The van der Waals surface area contributed by atoms with Crippen molar-refractivity contribution >= 4 is 29.0 Å². The predicted molar refractivity (Wildman–Crippen MR) is 138 cm³/mol. The van der Waals surface area contributed by atoms with Gasteiger partial charge in [-0.1, -0.05) is 42.5 Å². The number of anilines is 2. The van der Waals surface area contributed by atoms with Crippen LogP contribution in [0.5, 0.6) is 0 Å². The number of fused-ring (bicyclic) bond motifs is 1. The number of benzodiazepines with no additional fused rings is 1. The van der Waals surface area contributed by atoms with Gasteiger partial charge in [-0.15, -0.1) is 0 Å². The minimum absolute atomic E-state index is 0.234. The molecule has 2 heterocycles. The number of carbonyl (C=O) groups excluding carboxylic acids is 2. The lowest BCUT2D eigenvalue weighted by Crippen LogP contribution is -2.49. The molecule has 0 bridgehead atoms. The van der Waals surface area contributed by atoms with E-state index in [9.17, 15) is 14.0 Å². The highest BCUT2D eigenvalue weighted by Crippen LogP contribution is 2.29. The smallest absolute Gasteiger partial charge is 0.321 e. The number of para-hydroxylation sites is 1. The van der Waals surface area contributed by atoms with E-state index in [2.05, 4.69) is 15.6 Å². The summed E-state index contributed by atoms with van der Waals surface area (Å²) in [4.78, 5) is 32.9. The molecule has 8 nitrogen and oxygen atoms in total. The zero-order valence-electron chi connectivity index (χ0n) is 20.3. The average Bonchev–Trinajstić information content (AvgIpc) is 3.38. The molecule has 0 spiro atoms. The van der Waals surface area contributed by atoms with Gasteiger partial charge in [0.05, 0.1) is 24.6 Å². The van der Waals surface area contributed by atoms with E-state index in [4.69, 9.17) is 9.47 Å². The van der Waals surface area contributed by atoms with E-state index in [1.54, 1.807) is 53.4 Å². The number of nitrogens with one attached hydrogen (secondary N) is 2. The van der Waals surface area contributed by atoms with Crippen molar-refractivity contribution in [3.63, 3.8) is 0 Å². The second kappa shape index (κ2) is 10.9. The summed E-state index contributed by atoms with van der Waals surface area (Å²) in [6.07, 6.45) is -1.29. The zero-order chi connectivity index (χ0) is 25.8. The van der Waals surface area contributed by atoms with Crippen molar-refractivity contribution in [3.8, 4) is 0 Å². The second-order valence-electron chi connectivity index (χ2n) is 8.79. The third-order valence-corrected chi connectivity index (χ3v) is 6.16. The number of aryl methyl sites for hydroxylation is 1. The lowest BCUT2D eigenvalue weighted by Gasteiger charge is -2.26. The third kappa shape index (κ3) is 5.52. The minimum atomic E-state index is -1.29. The van der Waals surface area contributed by atoms with Crippen LogP contribution in [0.25, 0.3) is 0 Å². The van der Waals surface area contributed by atoms with E-state index in [1.165, 1.54) is 6.07 Å². The number of ether oxygens (including phenoxy) is 2. The van der Waals surface area contributed by atoms with Crippen LogP contribution in [0.2, 0.25) is 0 Å². The largest absolute Gasteiger partial charge is 0.350 e. The summed E-state index contributed by atoms with van der Waals surface area (Å²) >= 11 is 0. The van der Waals surface area contributed by atoms with Crippen LogP contribution in [0.4, 0.5) is 20.6 Å². The van der Waals surface area contributed by atoms with Crippen LogP contribution < -0.4 is 15.5 Å². The molecule has 0 radical (unpaired) electrons. The summed E-state index contributed by atoms with van der Waals surface area (Å²) < 4.78 is 26.1. The Morgan fingerprint density at radius 1 is 1.03 bits per heavy atom. The number of hydrogen-bond acceptors (Lipinski definition) is 5. The normalized spacial score (nSPS) is 17.7. The van der Waals surface area contributed by atoms with Gasteiger partial charge >= 0.3 is 6.03 Å². The molecule has 1 saturated heterocycles. The molecule has 9 heteroatoms. The van der Waals surface area contributed by atoms with E-state index in [-0.39, 0.29) is 17.8 Å².